The molecule has 2 rings (SSSR count). The molecule has 120 valence electrons. The Hall–Kier alpha value is -1.83. The summed E-state index contributed by atoms with van der Waals surface area (Å²) in [4.78, 5) is 0. The van der Waals surface area contributed by atoms with E-state index in [-0.39, 0.29) is 18.7 Å². The monoisotopic (exact) mass is 315 g/mol. The van der Waals surface area contributed by atoms with E-state index >= 15 is 0 Å². The molecule has 4 nitrogen and oxygen atoms in total. The molecule has 22 heavy (non-hydrogen) atoms. The summed E-state index contributed by atoms with van der Waals surface area (Å²) in [6, 6.07) is 7.90. The van der Waals surface area contributed by atoms with Crippen LogP contribution in [0.4, 0.5) is 13.2 Å². The Morgan fingerprint density at radius 3 is 2.50 bits per heavy atom. The lowest BCUT2D eigenvalue weighted by Crippen LogP contribution is -2.21. The summed E-state index contributed by atoms with van der Waals surface area (Å²) in [6.07, 6.45) is -5.49. The minimum absolute atomic E-state index is 0.0798. The van der Waals surface area contributed by atoms with Crippen LogP contribution in [0.25, 0.3) is 0 Å². The number of hydrogen-bond acceptors (Lipinski definition) is 4. The van der Waals surface area contributed by atoms with Gasteiger partial charge >= 0.3 is 6.18 Å². The highest BCUT2D eigenvalue weighted by Crippen LogP contribution is 2.30. The maximum Gasteiger partial charge on any atom is 0.416 e. The van der Waals surface area contributed by atoms with Gasteiger partial charge in [0.25, 0.3) is 0 Å². The van der Waals surface area contributed by atoms with Gasteiger partial charge in [0.05, 0.1) is 18.2 Å². The van der Waals surface area contributed by atoms with Crippen LogP contribution in [-0.2, 0) is 19.3 Å². The number of aliphatic hydroxyl groups excluding tert-OH is 2. The van der Waals surface area contributed by atoms with Gasteiger partial charge in [-0.3, -0.25) is 0 Å². The molecule has 1 atom stereocenters. The topological polar surface area (TPSA) is 65.6 Å². The number of alkyl halides is 3. The van der Waals surface area contributed by atoms with E-state index in [1.54, 1.807) is 12.1 Å². The van der Waals surface area contributed by atoms with Gasteiger partial charge in [-0.1, -0.05) is 12.1 Å². The number of aliphatic hydroxyl groups is 2. The van der Waals surface area contributed by atoms with E-state index in [1.807, 2.05) is 0 Å². The van der Waals surface area contributed by atoms with Gasteiger partial charge in [-0.25, -0.2) is 0 Å². The van der Waals surface area contributed by atoms with Crippen LogP contribution in [0.3, 0.4) is 0 Å². The van der Waals surface area contributed by atoms with Gasteiger partial charge in [-0.2, -0.15) is 13.2 Å². The van der Waals surface area contributed by atoms with Crippen LogP contribution in [0.5, 0.6) is 0 Å². The highest BCUT2D eigenvalue weighted by Gasteiger charge is 2.30. The standard InChI is InChI=1S/C15H16F3NO3/c16-15(17,18)11-3-1-2-10(6-11)14(21)8-19-7-12-4-5-13(9-20)22-12/h1-6,14,19-21H,7-9H2. The molecular formula is C15H16F3NO3. The van der Waals surface area contributed by atoms with E-state index in [9.17, 15) is 18.3 Å². The normalized spacial score (nSPS) is 13.3. The molecule has 2 aromatic rings. The van der Waals surface area contributed by atoms with Crippen LogP contribution in [0, 0.1) is 0 Å². The van der Waals surface area contributed by atoms with Crippen LogP contribution in [0.15, 0.2) is 40.8 Å². The van der Waals surface area contributed by atoms with Crippen LogP contribution in [-0.4, -0.2) is 16.8 Å². The Kier molecular flexibility index (Phi) is 5.23. The Balaban J connectivity index is 1.90. The molecule has 0 aliphatic rings. The third-order valence-electron chi connectivity index (χ3n) is 3.11. The third-order valence-corrected chi connectivity index (χ3v) is 3.11. The number of nitrogens with one attached hydrogen (secondary N) is 1. The third kappa shape index (κ3) is 4.33. The van der Waals surface area contributed by atoms with E-state index in [1.165, 1.54) is 12.1 Å². The molecule has 0 spiro atoms. The summed E-state index contributed by atoms with van der Waals surface area (Å²) >= 11 is 0. The van der Waals surface area contributed by atoms with Crippen molar-refractivity contribution in [3.63, 3.8) is 0 Å². The molecule has 0 aliphatic heterocycles. The summed E-state index contributed by atoms with van der Waals surface area (Å²) in [5, 5.41) is 21.7. The summed E-state index contributed by atoms with van der Waals surface area (Å²) in [5.74, 6) is 0.996. The number of rotatable bonds is 6. The lowest BCUT2D eigenvalue weighted by atomic mass is 10.1. The van der Waals surface area contributed by atoms with Gasteiger partial charge in [0.15, 0.2) is 0 Å². The maximum atomic E-state index is 12.6. The first-order valence-corrected chi connectivity index (χ1v) is 6.64. The summed E-state index contributed by atoms with van der Waals surface area (Å²) in [6.45, 7) is 0.180. The molecule has 0 aliphatic carbocycles. The molecule has 0 bridgehead atoms. The first-order chi connectivity index (χ1) is 10.4. The minimum atomic E-state index is -4.43. The minimum Gasteiger partial charge on any atom is -0.462 e. The van der Waals surface area contributed by atoms with Crippen molar-refractivity contribution >= 4 is 0 Å². The van der Waals surface area contributed by atoms with Crippen molar-refractivity contribution in [2.75, 3.05) is 6.54 Å². The average Bonchev–Trinajstić information content (AvgIpc) is 2.94. The van der Waals surface area contributed by atoms with Crippen molar-refractivity contribution in [3.8, 4) is 0 Å². The predicted octanol–water partition coefficient (Wildman–Crippen LogP) is 2.61. The van der Waals surface area contributed by atoms with Crippen molar-refractivity contribution in [2.45, 2.75) is 25.4 Å². The molecule has 1 unspecified atom stereocenters. The number of benzene rings is 1. The van der Waals surface area contributed by atoms with Gasteiger partial charge < -0.3 is 19.9 Å². The first-order valence-electron chi connectivity index (χ1n) is 6.64. The van der Waals surface area contributed by atoms with Crippen molar-refractivity contribution < 1.29 is 27.8 Å². The summed E-state index contributed by atoms with van der Waals surface area (Å²) in [5.41, 5.74) is -0.597. The molecule has 1 aromatic carbocycles. The second-order valence-corrected chi connectivity index (χ2v) is 4.80. The van der Waals surface area contributed by atoms with Crippen LogP contribution in [0.1, 0.15) is 28.8 Å². The fourth-order valence-electron chi connectivity index (χ4n) is 1.97. The zero-order valence-electron chi connectivity index (χ0n) is 11.6. The molecule has 0 saturated heterocycles. The maximum absolute atomic E-state index is 12.6. The molecule has 0 radical (unpaired) electrons. The molecular weight excluding hydrogens is 299 g/mol. The van der Waals surface area contributed by atoms with Gasteiger partial charge in [0.2, 0.25) is 0 Å². The molecule has 1 aromatic heterocycles. The van der Waals surface area contributed by atoms with Crippen molar-refractivity contribution in [2.24, 2.45) is 0 Å². The summed E-state index contributed by atoms with van der Waals surface area (Å²) < 4.78 is 43.1. The molecule has 0 saturated carbocycles. The Morgan fingerprint density at radius 2 is 1.86 bits per heavy atom. The van der Waals surface area contributed by atoms with Crippen molar-refractivity contribution in [1.29, 1.82) is 0 Å². The largest absolute Gasteiger partial charge is 0.462 e. The highest BCUT2D eigenvalue weighted by molar-refractivity contribution is 5.27. The molecule has 3 N–H and O–H groups in total. The van der Waals surface area contributed by atoms with E-state index in [0.717, 1.165) is 12.1 Å². The molecule has 0 amide bonds. The lowest BCUT2D eigenvalue weighted by Gasteiger charge is -2.14. The first kappa shape index (κ1) is 16.5. The van der Waals surface area contributed by atoms with Crippen LogP contribution >= 0.6 is 0 Å². The second kappa shape index (κ2) is 6.95. The zero-order chi connectivity index (χ0) is 16.2. The Bertz CT molecular complexity index is 610. The quantitative estimate of drug-likeness (QED) is 0.767. The van der Waals surface area contributed by atoms with Gasteiger partial charge in [-0.15, -0.1) is 0 Å². The number of furan rings is 1. The predicted molar refractivity (Wildman–Crippen MR) is 72.7 cm³/mol. The van der Waals surface area contributed by atoms with Crippen LogP contribution in [0.2, 0.25) is 0 Å². The van der Waals surface area contributed by atoms with E-state index < -0.39 is 17.8 Å². The number of hydrogen-bond donors (Lipinski definition) is 3. The van der Waals surface area contributed by atoms with E-state index in [2.05, 4.69) is 5.32 Å². The lowest BCUT2D eigenvalue weighted by molar-refractivity contribution is -0.137. The fraction of sp³-hybridized carbons (Fsp3) is 0.333. The van der Waals surface area contributed by atoms with Crippen molar-refractivity contribution in [1.82, 2.24) is 5.32 Å². The van der Waals surface area contributed by atoms with Gasteiger partial charge in [0, 0.05) is 6.54 Å². The summed E-state index contributed by atoms with van der Waals surface area (Å²) in [7, 11) is 0. The SMILES string of the molecule is OCc1ccc(CNCC(O)c2cccc(C(F)(F)F)c2)o1. The van der Waals surface area contributed by atoms with E-state index in [4.69, 9.17) is 9.52 Å². The fourth-order valence-corrected chi connectivity index (χ4v) is 1.97. The Labute approximate surface area is 125 Å². The van der Waals surface area contributed by atoms with E-state index in [0.29, 0.717) is 18.1 Å². The smallest absolute Gasteiger partial charge is 0.416 e. The Morgan fingerprint density at radius 1 is 1.14 bits per heavy atom. The van der Waals surface area contributed by atoms with Crippen molar-refractivity contribution in [3.05, 3.63) is 59.0 Å². The van der Waals surface area contributed by atoms with Gasteiger partial charge in [0.1, 0.15) is 18.1 Å². The highest BCUT2D eigenvalue weighted by atomic mass is 19.4. The molecule has 0 fully saturated rings. The zero-order valence-corrected chi connectivity index (χ0v) is 11.6. The molecule has 7 heteroatoms. The molecule has 1 heterocycles. The second-order valence-electron chi connectivity index (χ2n) is 4.80. The average molecular weight is 315 g/mol. The number of halogens is 3. The van der Waals surface area contributed by atoms with Gasteiger partial charge in [-0.05, 0) is 29.8 Å². The van der Waals surface area contributed by atoms with Crippen LogP contribution < -0.4 is 5.32 Å².